The molecule has 4 nitrogen and oxygen atoms in total. The van der Waals surface area contributed by atoms with Crippen LogP contribution < -0.4 is 10.6 Å². The molecule has 3 rings (SSSR count). The van der Waals surface area contributed by atoms with Gasteiger partial charge in [-0.2, -0.15) is 0 Å². The van der Waals surface area contributed by atoms with Crippen LogP contribution in [-0.4, -0.2) is 29.3 Å². The molecule has 1 saturated heterocycles. The summed E-state index contributed by atoms with van der Waals surface area (Å²) in [4.78, 5) is 1.13. The molecule has 0 unspecified atom stereocenters. The van der Waals surface area contributed by atoms with Crippen LogP contribution in [0.15, 0.2) is 28.1 Å². The van der Waals surface area contributed by atoms with E-state index in [2.05, 4.69) is 48.2 Å². The predicted molar refractivity (Wildman–Crippen MR) is 82.6 cm³/mol. The maximum atomic E-state index is 4.29. The Kier molecular flexibility index (Phi) is 4.10. The Balaban J connectivity index is 1.68. The molecule has 0 bridgehead atoms. The minimum Gasteiger partial charge on any atom is -0.366 e. The number of nitrogens with zero attached hydrogens (tertiary/aromatic N) is 2. The summed E-state index contributed by atoms with van der Waals surface area (Å²) in [5, 5.41) is 17.4. The van der Waals surface area contributed by atoms with E-state index >= 15 is 0 Å². The van der Waals surface area contributed by atoms with Gasteiger partial charge in [0.05, 0.1) is 4.88 Å². The van der Waals surface area contributed by atoms with E-state index in [-0.39, 0.29) is 0 Å². The van der Waals surface area contributed by atoms with Crippen molar-refractivity contribution in [3.63, 3.8) is 0 Å². The zero-order valence-electron chi connectivity index (χ0n) is 10.4. The van der Waals surface area contributed by atoms with Crippen LogP contribution in [0.5, 0.6) is 0 Å². The number of aromatic nitrogens is 2. The van der Waals surface area contributed by atoms with Gasteiger partial charge >= 0.3 is 0 Å². The Bertz CT molecular complexity index is 534. The number of rotatable bonds is 3. The summed E-state index contributed by atoms with van der Waals surface area (Å²) < 4.78 is 1.09. The van der Waals surface area contributed by atoms with Crippen molar-refractivity contribution in [1.29, 1.82) is 0 Å². The Morgan fingerprint density at radius 2 is 2.11 bits per heavy atom. The summed E-state index contributed by atoms with van der Waals surface area (Å²) in [6.45, 7) is 2.15. The summed E-state index contributed by atoms with van der Waals surface area (Å²) in [5.74, 6) is 0.867. The van der Waals surface area contributed by atoms with Crippen LogP contribution >= 0.6 is 27.3 Å². The van der Waals surface area contributed by atoms with Gasteiger partial charge in [0.2, 0.25) is 0 Å². The molecule has 6 heteroatoms. The van der Waals surface area contributed by atoms with Crippen molar-refractivity contribution in [1.82, 2.24) is 15.5 Å². The fourth-order valence-electron chi connectivity index (χ4n) is 2.16. The second-order valence-corrected chi connectivity index (χ2v) is 6.43. The van der Waals surface area contributed by atoms with E-state index < -0.39 is 0 Å². The van der Waals surface area contributed by atoms with Crippen molar-refractivity contribution < 1.29 is 0 Å². The van der Waals surface area contributed by atoms with Crippen LogP contribution in [0.2, 0.25) is 0 Å². The fraction of sp³-hybridized carbons (Fsp3) is 0.385. The molecule has 2 aromatic rings. The first-order chi connectivity index (χ1) is 9.31. The van der Waals surface area contributed by atoms with Crippen LogP contribution in [0.1, 0.15) is 12.8 Å². The first-order valence-corrected chi connectivity index (χ1v) is 8.04. The monoisotopic (exact) mass is 338 g/mol. The van der Waals surface area contributed by atoms with E-state index in [9.17, 15) is 0 Å². The maximum Gasteiger partial charge on any atom is 0.148 e. The number of hydrogen-bond donors (Lipinski definition) is 2. The van der Waals surface area contributed by atoms with E-state index in [1.54, 1.807) is 11.3 Å². The van der Waals surface area contributed by atoms with Crippen molar-refractivity contribution in [3.05, 3.63) is 28.1 Å². The van der Waals surface area contributed by atoms with Gasteiger partial charge in [-0.25, -0.2) is 0 Å². The zero-order valence-corrected chi connectivity index (χ0v) is 12.8. The Labute approximate surface area is 124 Å². The average Bonchev–Trinajstić information content (AvgIpc) is 2.87. The quantitative estimate of drug-likeness (QED) is 0.902. The number of thiophene rings is 1. The summed E-state index contributed by atoms with van der Waals surface area (Å²) in [5.41, 5.74) is 0.923. The Morgan fingerprint density at radius 1 is 1.26 bits per heavy atom. The molecule has 1 aliphatic rings. The maximum absolute atomic E-state index is 4.29. The SMILES string of the molecule is Brc1csc(-c2ccc(NC3CCNCC3)nn2)c1. The molecule has 0 radical (unpaired) electrons. The summed E-state index contributed by atoms with van der Waals surface area (Å²) in [7, 11) is 0. The molecule has 1 aliphatic heterocycles. The lowest BCUT2D eigenvalue weighted by molar-refractivity contribution is 0.478. The predicted octanol–water partition coefficient (Wildman–Crippen LogP) is 3.13. The van der Waals surface area contributed by atoms with Crippen molar-refractivity contribution >= 4 is 33.1 Å². The van der Waals surface area contributed by atoms with Crippen molar-refractivity contribution in [2.24, 2.45) is 0 Å². The van der Waals surface area contributed by atoms with Crippen LogP contribution in [0.25, 0.3) is 10.6 Å². The molecule has 1 fully saturated rings. The highest BCUT2D eigenvalue weighted by atomic mass is 79.9. The van der Waals surface area contributed by atoms with Gasteiger partial charge in [-0.1, -0.05) is 0 Å². The number of piperidine rings is 1. The third-order valence-electron chi connectivity index (χ3n) is 3.18. The van der Waals surface area contributed by atoms with E-state index in [1.165, 1.54) is 0 Å². The molecule has 0 spiro atoms. The van der Waals surface area contributed by atoms with Gasteiger partial charge in [0.15, 0.2) is 0 Å². The zero-order chi connectivity index (χ0) is 13.1. The third kappa shape index (κ3) is 3.32. The second kappa shape index (κ2) is 5.98. The number of hydrogen-bond acceptors (Lipinski definition) is 5. The third-order valence-corrected chi connectivity index (χ3v) is 4.89. The largest absolute Gasteiger partial charge is 0.366 e. The molecule has 19 heavy (non-hydrogen) atoms. The van der Waals surface area contributed by atoms with Crippen molar-refractivity contribution in [3.8, 4) is 10.6 Å². The standard InChI is InChI=1S/C13H15BrN4S/c14-9-7-12(19-8-9)11-1-2-13(18-17-11)16-10-3-5-15-6-4-10/h1-2,7-8,10,15H,3-6H2,(H,16,18). The molecular formula is C13H15BrN4S. The molecule has 0 aliphatic carbocycles. The minimum atomic E-state index is 0.511. The Hall–Kier alpha value is -0.980. The first kappa shape index (κ1) is 13.0. The van der Waals surface area contributed by atoms with Gasteiger partial charge in [-0.15, -0.1) is 21.5 Å². The molecule has 2 N–H and O–H groups in total. The van der Waals surface area contributed by atoms with Crippen molar-refractivity contribution in [2.45, 2.75) is 18.9 Å². The minimum absolute atomic E-state index is 0.511. The highest BCUT2D eigenvalue weighted by molar-refractivity contribution is 9.10. The van der Waals surface area contributed by atoms with E-state index in [0.717, 1.165) is 46.8 Å². The molecule has 100 valence electrons. The van der Waals surface area contributed by atoms with E-state index in [0.29, 0.717) is 6.04 Å². The van der Waals surface area contributed by atoms with Crippen LogP contribution in [0.4, 0.5) is 5.82 Å². The molecular weight excluding hydrogens is 324 g/mol. The smallest absolute Gasteiger partial charge is 0.148 e. The topological polar surface area (TPSA) is 49.8 Å². The second-order valence-electron chi connectivity index (χ2n) is 4.60. The molecule has 2 aromatic heterocycles. The summed E-state index contributed by atoms with van der Waals surface area (Å²) >= 11 is 5.12. The average molecular weight is 339 g/mol. The summed E-state index contributed by atoms with van der Waals surface area (Å²) in [6, 6.07) is 6.61. The van der Waals surface area contributed by atoms with Crippen LogP contribution in [0.3, 0.4) is 0 Å². The molecule has 0 amide bonds. The lowest BCUT2D eigenvalue weighted by Crippen LogP contribution is -2.35. The first-order valence-electron chi connectivity index (χ1n) is 6.37. The lowest BCUT2D eigenvalue weighted by atomic mass is 10.1. The lowest BCUT2D eigenvalue weighted by Gasteiger charge is -2.23. The van der Waals surface area contributed by atoms with Crippen LogP contribution in [0, 0.1) is 0 Å². The van der Waals surface area contributed by atoms with Crippen molar-refractivity contribution in [2.75, 3.05) is 18.4 Å². The highest BCUT2D eigenvalue weighted by Gasteiger charge is 2.13. The number of halogens is 1. The molecule has 0 atom stereocenters. The normalized spacial score (nSPS) is 16.5. The Morgan fingerprint density at radius 3 is 2.74 bits per heavy atom. The van der Waals surface area contributed by atoms with Gasteiger partial charge in [0.25, 0.3) is 0 Å². The van der Waals surface area contributed by atoms with E-state index in [4.69, 9.17) is 0 Å². The molecule has 3 heterocycles. The van der Waals surface area contributed by atoms with Gasteiger partial charge in [0, 0.05) is 15.9 Å². The van der Waals surface area contributed by atoms with E-state index in [1.807, 2.05) is 12.1 Å². The van der Waals surface area contributed by atoms with Crippen LogP contribution in [-0.2, 0) is 0 Å². The fourth-order valence-corrected chi connectivity index (χ4v) is 3.56. The molecule has 0 saturated carbocycles. The highest BCUT2D eigenvalue weighted by Crippen LogP contribution is 2.28. The van der Waals surface area contributed by atoms with Gasteiger partial charge < -0.3 is 10.6 Å². The van der Waals surface area contributed by atoms with Gasteiger partial charge in [0.1, 0.15) is 11.5 Å². The van der Waals surface area contributed by atoms with Gasteiger partial charge in [-0.05, 0) is 60.1 Å². The molecule has 0 aromatic carbocycles. The number of nitrogens with one attached hydrogen (secondary N) is 2. The number of anilines is 1. The van der Waals surface area contributed by atoms with Gasteiger partial charge in [-0.3, -0.25) is 0 Å². The summed E-state index contributed by atoms with van der Waals surface area (Å²) in [6.07, 6.45) is 2.28.